The van der Waals surface area contributed by atoms with Gasteiger partial charge in [0.2, 0.25) is 5.91 Å². The van der Waals surface area contributed by atoms with Crippen molar-refractivity contribution >= 4 is 17.4 Å². The lowest BCUT2D eigenvalue weighted by molar-refractivity contribution is -0.131. The summed E-state index contributed by atoms with van der Waals surface area (Å²) in [7, 11) is 0. The first kappa shape index (κ1) is 14.6. The molecule has 1 aromatic rings. The topological polar surface area (TPSA) is 62.5 Å². The van der Waals surface area contributed by atoms with Crippen LogP contribution < -0.4 is 10.6 Å². The third-order valence-electron chi connectivity index (χ3n) is 3.72. The average molecular weight is 276 g/mol. The van der Waals surface area contributed by atoms with Gasteiger partial charge in [-0.05, 0) is 18.6 Å². The van der Waals surface area contributed by atoms with E-state index in [1.54, 1.807) is 6.20 Å². The van der Waals surface area contributed by atoms with Gasteiger partial charge in [-0.25, -0.2) is 4.98 Å². The molecular weight excluding hydrogens is 252 g/mol. The van der Waals surface area contributed by atoms with E-state index < -0.39 is 0 Å². The van der Waals surface area contributed by atoms with Gasteiger partial charge in [0.25, 0.3) is 0 Å². The van der Waals surface area contributed by atoms with Gasteiger partial charge in [-0.3, -0.25) is 4.79 Å². The van der Waals surface area contributed by atoms with Gasteiger partial charge in [0, 0.05) is 32.6 Å². The van der Waals surface area contributed by atoms with E-state index >= 15 is 0 Å². The maximum Gasteiger partial charge on any atom is 0.222 e. The number of nitrogens with two attached hydrogens (primary N) is 1. The van der Waals surface area contributed by atoms with E-state index in [-0.39, 0.29) is 0 Å². The van der Waals surface area contributed by atoms with Crippen LogP contribution in [0.15, 0.2) is 18.3 Å². The van der Waals surface area contributed by atoms with Crippen molar-refractivity contribution in [3.05, 3.63) is 18.3 Å². The van der Waals surface area contributed by atoms with Gasteiger partial charge in [0.15, 0.2) is 0 Å². The Hall–Kier alpha value is -1.78. The van der Waals surface area contributed by atoms with Gasteiger partial charge in [0.05, 0.1) is 11.9 Å². The summed E-state index contributed by atoms with van der Waals surface area (Å²) in [5.74, 6) is 1.24. The fourth-order valence-corrected chi connectivity index (χ4v) is 2.45. The molecule has 20 heavy (non-hydrogen) atoms. The second-order valence-corrected chi connectivity index (χ2v) is 5.27. The number of pyridine rings is 1. The highest BCUT2D eigenvalue weighted by molar-refractivity contribution is 5.76. The van der Waals surface area contributed by atoms with E-state index in [1.807, 2.05) is 17.0 Å². The molecule has 5 nitrogen and oxygen atoms in total. The Morgan fingerprint density at radius 3 is 2.60 bits per heavy atom. The van der Waals surface area contributed by atoms with Gasteiger partial charge in [0.1, 0.15) is 5.82 Å². The Labute approximate surface area is 120 Å². The molecule has 0 aliphatic carbocycles. The average Bonchev–Trinajstić information content (AvgIpc) is 2.48. The number of carbonyl (C=O) groups is 1. The standard InChI is InChI=1S/C15H24N4O/c1-2-3-4-5-15(20)19-10-8-18(9-11-19)14-7-6-13(16)12-17-14/h6-7,12H,2-5,8-11,16H2,1H3. The smallest absolute Gasteiger partial charge is 0.222 e. The number of rotatable bonds is 5. The number of aromatic nitrogens is 1. The molecule has 0 spiro atoms. The largest absolute Gasteiger partial charge is 0.397 e. The van der Waals surface area contributed by atoms with Crippen LogP contribution in [0.4, 0.5) is 11.5 Å². The highest BCUT2D eigenvalue weighted by atomic mass is 16.2. The molecule has 2 heterocycles. The van der Waals surface area contributed by atoms with E-state index in [0.29, 0.717) is 18.0 Å². The number of nitrogen functional groups attached to an aromatic ring is 1. The maximum atomic E-state index is 12.0. The first-order valence-electron chi connectivity index (χ1n) is 7.45. The molecule has 0 radical (unpaired) electrons. The number of carbonyl (C=O) groups excluding carboxylic acids is 1. The zero-order valence-corrected chi connectivity index (χ0v) is 12.2. The molecule has 5 heteroatoms. The van der Waals surface area contributed by atoms with Crippen LogP contribution in [0.5, 0.6) is 0 Å². The van der Waals surface area contributed by atoms with Crippen molar-refractivity contribution in [2.24, 2.45) is 0 Å². The monoisotopic (exact) mass is 276 g/mol. The third-order valence-corrected chi connectivity index (χ3v) is 3.72. The summed E-state index contributed by atoms with van der Waals surface area (Å²) in [4.78, 5) is 20.5. The molecule has 1 saturated heterocycles. The van der Waals surface area contributed by atoms with Crippen molar-refractivity contribution in [3.63, 3.8) is 0 Å². The second-order valence-electron chi connectivity index (χ2n) is 5.27. The summed E-state index contributed by atoms with van der Waals surface area (Å²) in [5, 5.41) is 0. The molecule has 0 bridgehead atoms. The minimum Gasteiger partial charge on any atom is -0.397 e. The van der Waals surface area contributed by atoms with Crippen molar-refractivity contribution in [1.29, 1.82) is 0 Å². The van der Waals surface area contributed by atoms with Crippen LogP contribution in [0.2, 0.25) is 0 Å². The number of hydrogen-bond acceptors (Lipinski definition) is 4. The van der Waals surface area contributed by atoms with Crippen LogP contribution >= 0.6 is 0 Å². The number of unbranched alkanes of at least 4 members (excludes halogenated alkanes) is 2. The quantitative estimate of drug-likeness (QED) is 0.834. The molecule has 1 aliphatic rings. The summed E-state index contributed by atoms with van der Waals surface area (Å²) < 4.78 is 0. The summed E-state index contributed by atoms with van der Waals surface area (Å²) in [6.07, 6.45) is 5.67. The Morgan fingerprint density at radius 1 is 1.25 bits per heavy atom. The molecule has 1 amide bonds. The molecule has 0 aromatic carbocycles. The molecule has 0 atom stereocenters. The zero-order chi connectivity index (χ0) is 14.4. The van der Waals surface area contributed by atoms with Crippen molar-refractivity contribution in [2.75, 3.05) is 36.8 Å². The molecule has 0 unspecified atom stereocenters. The van der Waals surface area contributed by atoms with Crippen LogP contribution in [-0.4, -0.2) is 42.0 Å². The molecule has 2 N–H and O–H groups in total. The van der Waals surface area contributed by atoms with Crippen molar-refractivity contribution in [3.8, 4) is 0 Å². The van der Waals surface area contributed by atoms with E-state index in [1.165, 1.54) is 0 Å². The van der Waals surface area contributed by atoms with Crippen LogP contribution in [0.25, 0.3) is 0 Å². The van der Waals surface area contributed by atoms with Crippen LogP contribution in [0.3, 0.4) is 0 Å². The fourth-order valence-electron chi connectivity index (χ4n) is 2.45. The van der Waals surface area contributed by atoms with Crippen LogP contribution in [0.1, 0.15) is 32.6 Å². The number of anilines is 2. The lowest BCUT2D eigenvalue weighted by Gasteiger charge is -2.35. The Balaban J connectivity index is 1.80. The number of amides is 1. The highest BCUT2D eigenvalue weighted by Crippen LogP contribution is 2.15. The molecular formula is C15H24N4O. The summed E-state index contributed by atoms with van der Waals surface area (Å²) in [5.41, 5.74) is 6.32. The predicted molar refractivity (Wildman–Crippen MR) is 81.6 cm³/mol. The molecule has 1 aromatic heterocycles. The molecule has 110 valence electrons. The van der Waals surface area contributed by atoms with Crippen molar-refractivity contribution in [1.82, 2.24) is 9.88 Å². The lowest BCUT2D eigenvalue weighted by Crippen LogP contribution is -2.49. The van der Waals surface area contributed by atoms with Gasteiger partial charge >= 0.3 is 0 Å². The second kappa shape index (κ2) is 7.12. The minimum atomic E-state index is 0.295. The third kappa shape index (κ3) is 3.85. The van der Waals surface area contributed by atoms with Crippen molar-refractivity contribution < 1.29 is 4.79 Å². The van der Waals surface area contributed by atoms with Gasteiger partial charge < -0.3 is 15.5 Å². The van der Waals surface area contributed by atoms with Gasteiger partial charge in [-0.2, -0.15) is 0 Å². The van der Waals surface area contributed by atoms with Gasteiger partial charge in [-0.1, -0.05) is 19.8 Å². The summed E-state index contributed by atoms with van der Waals surface area (Å²) in [6, 6.07) is 3.80. The van der Waals surface area contributed by atoms with E-state index in [0.717, 1.165) is 51.3 Å². The Morgan fingerprint density at radius 2 is 2.00 bits per heavy atom. The Kier molecular flexibility index (Phi) is 5.21. The van der Waals surface area contributed by atoms with E-state index in [4.69, 9.17) is 5.73 Å². The molecule has 1 aliphatic heterocycles. The maximum absolute atomic E-state index is 12.0. The number of piperazine rings is 1. The number of nitrogens with zero attached hydrogens (tertiary/aromatic N) is 3. The molecule has 2 rings (SSSR count). The Bertz CT molecular complexity index is 424. The SMILES string of the molecule is CCCCCC(=O)N1CCN(c2ccc(N)cn2)CC1. The van der Waals surface area contributed by atoms with Crippen LogP contribution in [0, 0.1) is 0 Å². The first-order chi connectivity index (χ1) is 9.70. The highest BCUT2D eigenvalue weighted by Gasteiger charge is 2.21. The first-order valence-corrected chi connectivity index (χ1v) is 7.45. The minimum absolute atomic E-state index is 0.295. The van der Waals surface area contributed by atoms with Crippen molar-refractivity contribution in [2.45, 2.75) is 32.6 Å². The predicted octanol–water partition coefficient (Wildman–Crippen LogP) is 1.89. The summed E-state index contributed by atoms with van der Waals surface area (Å²) >= 11 is 0. The normalized spacial score (nSPS) is 15.4. The van der Waals surface area contributed by atoms with Crippen LogP contribution in [-0.2, 0) is 4.79 Å². The van der Waals surface area contributed by atoms with Gasteiger partial charge in [-0.15, -0.1) is 0 Å². The fraction of sp³-hybridized carbons (Fsp3) is 0.600. The lowest BCUT2D eigenvalue weighted by atomic mass is 10.2. The zero-order valence-electron chi connectivity index (χ0n) is 12.2. The molecule has 1 fully saturated rings. The molecule has 0 saturated carbocycles. The number of hydrogen-bond donors (Lipinski definition) is 1. The summed E-state index contributed by atoms with van der Waals surface area (Å²) in [6.45, 7) is 5.42. The van der Waals surface area contributed by atoms with E-state index in [9.17, 15) is 4.79 Å². The van der Waals surface area contributed by atoms with E-state index in [2.05, 4.69) is 16.8 Å².